The molecule has 0 unspecified atom stereocenters. The van der Waals surface area contributed by atoms with Gasteiger partial charge in [-0.1, -0.05) is 31.6 Å². The summed E-state index contributed by atoms with van der Waals surface area (Å²) in [6.07, 6.45) is 3.21. The van der Waals surface area contributed by atoms with E-state index in [0.717, 1.165) is 19.3 Å². The molecular weight excluding hydrogens is 217 g/mol. The van der Waals surface area contributed by atoms with E-state index in [-0.39, 0.29) is 12.4 Å². The van der Waals surface area contributed by atoms with Gasteiger partial charge in [0.05, 0.1) is 18.7 Å². The maximum absolute atomic E-state index is 13.1. The van der Waals surface area contributed by atoms with Crippen LogP contribution in [0.15, 0.2) is 18.2 Å². The van der Waals surface area contributed by atoms with Gasteiger partial charge in [-0.2, -0.15) is 0 Å². The number of hydrogen-bond acceptors (Lipinski definition) is 2. The quantitative estimate of drug-likeness (QED) is 0.629. The lowest BCUT2D eigenvalue weighted by molar-refractivity contribution is 0.304. The summed E-state index contributed by atoms with van der Waals surface area (Å²) >= 11 is 0. The van der Waals surface area contributed by atoms with Gasteiger partial charge >= 0.3 is 0 Å². The molecule has 0 atom stereocenters. The number of halogens is 1. The first-order valence-corrected chi connectivity index (χ1v) is 5.89. The van der Waals surface area contributed by atoms with Gasteiger partial charge < -0.3 is 10.5 Å². The van der Waals surface area contributed by atoms with E-state index in [9.17, 15) is 4.39 Å². The van der Waals surface area contributed by atoms with Crippen LogP contribution >= 0.6 is 0 Å². The summed E-state index contributed by atoms with van der Waals surface area (Å²) in [5.74, 6) is 5.81. The monoisotopic (exact) mass is 235 g/mol. The fraction of sp³-hybridized carbons (Fsp3) is 0.429. The predicted octanol–water partition coefficient (Wildman–Crippen LogP) is 2.70. The molecule has 1 rings (SSSR count). The molecule has 0 fully saturated rings. The highest BCUT2D eigenvalue weighted by atomic mass is 19.1. The maximum Gasteiger partial charge on any atom is 0.137 e. The molecule has 0 aliphatic carbocycles. The zero-order valence-electron chi connectivity index (χ0n) is 10.1. The molecule has 0 radical (unpaired) electrons. The summed E-state index contributed by atoms with van der Waals surface area (Å²) in [6, 6.07) is 4.36. The molecule has 0 saturated carbocycles. The Hall–Kier alpha value is -1.53. The lowest BCUT2D eigenvalue weighted by Gasteiger charge is -2.08. The van der Waals surface area contributed by atoms with Crippen LogP contribution in [-0.4, -0.2) is 13.2 Å². The minimum Gasteiger partial charge on any atom is -0.492 e. The third-order valence-corrected chi connectivity index (χ3v) is 2.27. The first kappa shape index (κ1) is 13.5. The summed E-state index contributed by atoms with van der Waals surface area (Å²) < 4.78 is 18.6. The van der Waals surface area contributed by atoms with Gasteiger partial charge in [0.1, 0.15) is 11.6 Å². The van der Waals surface area contributed by atoms with Crippen LogP contribution in [0.2, 0.25) is 0 Å². The average Bonchev–Trinajstić information content (AvgIpc) is 2.33. The molecule has 92 valence electrons. The van der Waals surface area contributed by atoms with Crippen molar-refractivity contribution in [2.45, 2.75) is 26.2 Å². The third-order valence-electron chi connectivity index (χ3n) is 2.27. The van der Waals surface area contributed by atoms with Crippen molar-refractivity contribution in [3.05, 3.63) is 29.6 Å². The standard InChI is InChI=1S/C14H18FNO/c1-2-3-4-10-17-14-11-13(15)8-7-12(14)6-5-9-16/h7-8,11H,2-4,9-10,16H2,1H3. The van der Waals surface area contributed by atoms with Crippen molar-refractivity contribution in [2.24, 2.45) is 5.73 Å². The summed E-state index contributed by atoms with van der Waals surface area (Å²) in [5, 5.41) is 0. The second-order valence-electron chi connectivity index (χ2n) is 3.70. The van der Waals surface area contributed by atoms with Gasteiger partial charge in [-0.3, -0.25) is 0 Å². The van der Waals surface area contributed by atoms with Gasteiger partial charge in [0, 0.05) is 6.07 Å². The van der Waals surface area contributed by atoms with Gasteiger partial charge in [-0.05, 0) is 18.6 Å². The number of ether oxygens (including phenoxy) is 1. The molecule has 0 heterocycles. The predicted molar refractivity (Wildman–Crippen MR) is 67.4 cm³/mol. The Bertz CT molecular complexity index is 406. The highest BCUT2D eigenvalue weighted by Crippen LogP contribution is 2.19. The zero-order valence-corrected chi connectivity index (χ0v) is 10.1. The van der Waals surface area contributed by atoms with Gasteiger partial charge in [-0.25, -0.2) is 4.39 Å². The summed E-state index contributed by atoms with van der Waals surface area (Å²) in [7, 11) is 0. The molecule has 0 amide bonds. The van der Waals surface area contributed by atoms with Crippen LogP contribution in [0.1, 0.15) is 31.7 Å². The lowest BCUT2D eigenvalue weighted by atomic mass is 10.2. The molecule has 0 bridgehead atoms. The van der Waals surface area contributed by atoms with Crippen molar-refractivity contribution in [1.29, 1.82) is 0 Å². The van der Waals surface area contributed by atoms with Crippen LogP contribution in [0, 0.1) is 17.7 Å². The van der Waals surface area contributed by atoms with E-state index < -0.39 is 0 Å². The second-order valence-corrected chi connectivity index (χ2v) is 3.70. The molecule has 17 heavy (non-hydrogen) atoms. The third kappa shape index (κ3) is 4.88. The van der Waals surface area contributed by atoms with Gasteiger partial charge in [-0.15, -0.1) is 0 Å². The van der Waals surface area contributed by atoms with E-state index >= 15 is 0 Å². The van der Waals surface area contributed by atoms with Crippen LogP contribution in [0.25, 0.3) is 0 Å². The molecule has 0 aliphatic heterocycles. The first-order valence-electron chi connectivity index (χ1n) is 5.89. The Morgan fingerprint density at radius 2 is 2.18 bits per heavy atom. The SMILES string of the molecule is CCCCCOc1cc(F)ccc1C#CCN. The highest BCUT2D eigenvalue weighted by Gasteiger charge is 2.03. The van der Waals surface area contributed by atoms with Crippen LogP contribution < -0.4 is 10.5 Å². The fourth-order valence-corrected chi connectivity index (χ4v) is 1.40. The average molecular weight is 235 g/mol. The van der Waals surface area contributed by atoms with Crippen molar-refractivity contribution in [2.75, 3.05) is 13.2 Å². The Kier molecular flexibility index (Phi) is 6.13. The Morgan fingerprint density at radius 1 is 1.35 bits per heavy atom. The van der Waals surface area contributed by atoms with Gasteiger partial charge in [0.15, 0.2) is 0 Å². The molecule has 2 nitrogen and oxygen atoms in total. The second kappa shape index (κ2) is 7.70. The van der Waals surface area contributed by atoms with Crippen LogP contribution in [-0.2, 0) is 0 Å². The minimum absolute atomic E-state index is 0.284. The number of hydrogen-bond donors (Lipinski definition) is 1. The molecule has 2 N–H and O–H groups in total. The van der Waals surface area contributed by atoms with Crippen molar-refractivity contribution >= 4 is 0 Å². The lowest BCUT2D eigenvalue weighted by Crippen LogP contribution is -2.00. The van der Waals surface area contributed by atoms with E-state index in [4.69, 9.17) is 10.5 Å². The summed E-state index contributed by atoms with van der Waals surface area (Å²) in [4.78, 5) is 0. The van der Waals surface area contributed by atoms with Crippen LogP contribution in [0.3, 0.4) is 0 Å². The van der Waals surface area contributed by atoms with Gasteiger partial charge in [0.25, 0.3) is 0 Å². The van der Waals surface area contributed by atoms with Crippen molar-refractivity contribution in [3.63, 3.8) is 0 Å². The summed E-state index contributed by atoms with van der Waals surface area (Å²) in [5.41, 5.74) is 6.00. The highest BCUT2D eigenvalue weighted by molar-refractivity contribution is 5.46. The van der Waals surface area contributed by atoms with E-state index in [0.29, 0.717) is 17.9 Å². The molecule has 0 saturated heterocycles. The fourth-order valence-electron chi connectivity index (χ4n) is 1.40. The maximum atomic E-state index is 13.1. The summed E-state index contributed by atoms with van der Waals surface area (Å²) in [6.45, 7) is 3.00. The van der Waals surface area contributed by atoms with E-state index in [1.807, 2.05) is 0 Å². The van der Waals surface area contributed by atoms with Crippen LogP contribution in [0.5, 0.6) is 5.75 Å². The number of benzene rings is 1. The number of nitrogens with two attached hydrogens (primary N) is 1. The zero-order chi connectivity index (χ0) is 12.5. The minimum atomic E-state index is -0.311. The molecule has 1 aromatic rings. The first-order chi connectivity index (χ1) is 8.27. The molecule has 3 heteroatoms. The Morgan fingerprint density at radius 3 is 2.88 bits per heavy atom. The molecule has 0 aliphatic rings. The van der Waals surface area contributed by atoms with Crippen molar-refractivity contribution in [1.82, 2.24) is 0 Å². The van der Waals surface area contributed by atoms with E-state index in [1.54, 1.807) is 6.07 Å². The van der Waals surface area contributed by atoms with Crippen molar-refractivity contribution < 1.29 is 9.13 Å². The smallest absolute Gasteiger partial charge is 0.137 e. The normalized spacial score (nSPS) is 9.59. The molecular formula is C14H18FNO. The largest absolute Gasteiger partial charge is 0.492 e. The Labute approximate surface area is 102 Å². The Balaban J connectivity index is 2.69. The number of rotatable bonds is 5. The van der Waals surface area contributed by atoms with E-state index in [2.05, 4.69) is 18.8 Å². The topological polar surface area (TPSA) is 35.2 Å². The number of unbranched alkanes of at least 4 members (excludes halogenated alkanes) is 2. The van der Waals surface area contributed by atoms with E-state index in [1.165, 1.54) is 12.1 Å². The molecule has 0 aromatic heterocycles. The van der Waals surface area contributed by atoms with Gasteiger partial charge in [0.2, 0.25) is 0 Å². The van der Waals surface area contributed by atoms with Crippen LogP contribution in [0.4, 0.5) is 4.39 Å². The molecule has 1 aromatic carbocycles. The molecule has 0 spiro atoms. The van der Waals surface area contributed by atoms with Crippen molar-refractivity contribution in [3.8, 4) is 17.6 Å².